The molecule has 1 unspecified atom stereocenters. The summed E-state index contributed by atoms with van der Waals surface area (Å²) in [6, 6.07) is 2.90. The molecule has 3 N–H and O–H groups in total. The average molecular weight is 212 g/mol. The van der Waals surface area contributed by atoms with Gasteiger partial charge in [-0.1, -0.05) is 0 Å². The van der Waals surface area contributed by atoms with Gasteiger partial charge in [0.15, 0.2) is 5.88 Å². The lowest BCUT2D eigenvalue weighted by Crippen LogP contribution is -2.34. The zero-order chi connectivity index (χ0) is 11.4. The number of carbonyl (C=O) groups is 1. The number of carboxylic acid groups (broad SMARTS) is 1. The molecule has 15 heavy (non-hydrogen) atoms. The topological polar surface area (TPSA) is 79.7 Å². The van der Waals surface area contributed by atoms with Crippen molar-refractivity contribution in [2.75, 3.05) is 18.5 Å². The van der Waals surface area contributed by atoms with Crippen LogP contribution in [0.1, 0.15) is 12.2 Å². The quantitative estimate of drug-likeness (QED) is 0.755. The second-order valence-corrected chi connectivity index (χ2v) is 3.54. The maximum absolute atomic E-state index is 10.5. The number of rotatable bonds is 5. The molecule has 1 atom stereocenters. The molecule has 84 valence electrons. The SMILES string of the molecule is Cc1ccc(N(C)CCC(N)C(=O)O)o1. The third-order valence-corrected chi connectivity index (χ3v) is 2.20. The summed E-state index contributed by atoms with van der Waals surface area (Å²) in [5.41, 5.74) is 5.39. The van der Waals surface area contributed by atoms with Crippen molar-refractivity contribution in [3.8, 4) is 0 Å². The van der Waals surface area contributed by atoms with E-state index in [1.54, 1.807) is 0 Å². The van der Waals surface area contributed by atoms with Crippen molar-refractivity contribution in [3.63, 3.8) is 0 Å². The highest BCUT2D eigenvalue weighted by molar-refractivity contribution is 5.73. The number of furan rings is 1. The molecule has 1 aromatic heterocycles. The number of carboxylic acids is 1. The fourth-order valence-corrected chi connectivity index (χ4v) is 1.19. The fourth-order valence-electron chi connectivity index (χ4n) is 1.19. The Bertz CT molecular complexity index is 335. The van der Waals surface area contributed by atoms with Crippen LogP contribution in [0, 0.1) is 6.92 Å². The van der Waals surface area contributed by atoms with Crippen LogP contribution < -0.4 is 10.6 Å². The van der Waals surface area contributed by atoms with E-state index in [-0.39, 0.29) is 0 Å². The molecule has 0 saturated carbocycles. The molecule has 0 bridgehead atoms. The minimum absolute atomic E-state index is 0.394. The van der Waals surface area contributed by atoms with E-state index in [9.17, 15) is 4.79 Å². The number of aryl methyl sites for hydroxylation is 1. The number of anilines is 1. The van der Waals surface area contributed by atoms with Gasteiger partial charge in [-0.25, -0.2) is 0 Å². The molecule has 0 fully saturated rings. The van der Waals surface area contributed by atoms with Gasteiger partial charge in [0.25, 0.3) is 0 Å². The molecular formula is C10H16N2O3. The van der Waals surface area contributed by atoms with Crippen molar-refractivity contribution in [1.29, 1.82) is 0 Å². The number of nitrogens with two attached hydrogens (primary N) is 1. The third kappa shape index (κ3) is 3.28. The molecule has 0 aromatic carbocycles. The van der Waals surface area contributed by atoms with Gasteiger partial charge in [0, 0.05) is 19.7 Å². The van der Waals surface area contributed by atoms with Crippen LogP contribution in [0.5, 0.6) is 0 Å². The van der Waals surface area contributed by atoms with E-state index in [0.717, 1.165) is 11.6 Å². The van der Waals surface area contributed by atoms with Crippen LogP contribution in [0.15, 0.2) is 16.5 Å². The molecule has 0 aliphatic rings. The zero-order valence-corrected chi connectivity index (χ0v) is 8.93. The maximum atomic E-state index is 10.5. The Morgan fingerprint density at radius 1 is 1.67 bits per heavy atom. The van der Waals surface area contributed by atoms with E-state index in [1.807, 2.05) is 31.0 Å². The maximum Gasteiger partial charge on any atom is 0.320 e. The Kier molecular flexibility index (Phi) is 3.74. The molecule has 0 radical (unpaired) electrons. The molecule has 0 aliphatic carbocycles. The van der Waals surface area contributed by atoms with Gasteiger partial charge in [0.05, 0.1) is 0 Å². The first-order valence-corrected chi connectivity index (χ1v) is 4.76. The van der Waals surface area contributed by atoms with E-state index in [2.05, 4.69) is 0 Å². The van der Waals surface area contributed by atoms with Gasteiger partial charge in [0.1, 0.15) is 11.8 Å². The van der Waals surface area contributed by atoms with Crippen molar-refractivity contribution < 1.29 is 14.3 Å². The summed E-state index contributed by atoms with van der Waals surface area (Å²) in [6.45, 7) is 2.42. The Hall–Kier alpha value is -1.49. The van der Waals surface area contributed by atoms with Crippen molar-refractivity contribution in [1.82, 2.24) is 0 Å². The Morgan fingerprint density at radius 3 is 2.80 bits per heavy atom. The van der Waals surface area contributed by atoms with Gasteiger partial charge >= 0.3 is 5.97 Å². The van der Waals surface area contributed by atoms with Gasteiger partial charge < -0.3 is 20.2 Å². The number of aliphatic carboxylic acids is 1. The van der Waals surface area contributed by atoms with Gasteiger partial charge in [-0.15, -0.1) is 0 Å². The minimum atomic E-state index is -0.973. The Balaban J connectivity index is 2.43. The molecule has 1 aromatic rings. The highest BCUT2D eigenvalue weighted by Crippen LogP contribution is 2.16. The molecular weight excluding hydrogens is 196 g/mol. The molecule has 5 heteroatoms. The van der Waals surface area contributed by atoms with Crippen molar-refractivity contribution in [3.05, 3.63) is 17.9 Å². The first-order chi connectivity index (χ1) is 7.00. The molecule has 1 heterocycles. The minimum Gasteiger partial charge on any atom is -0.480 e. The largest absolute Gasteiger partial charge is 0.480 e. The van der Waals surface area contributed by atoms with E-state index in [0.29, 0.717) is 13.0 Å². The third-order valence-electron chi connectivity index (χ3n) is 2.20. The van der Waals surface area contributed by atoms with Gasteiger partial charge in [-0.3, -0.25) is 4.79 Å². The zero-order valence-electron chi connectivity index (χ0n) is 8.93. The van der Waals surface area contributed by atoms with Crippen LogP contribution in [0.3, 0.4) is 0 Å². The second-order valence-electron chi connectivity index (χ2n) is 3.54. The highest BCUT2D eigenvalue weighted by Gasteiger charge is 2.13. The van der Waals surface area contributed by atoms with E-state index >= 15 is 0 Å². The summed E-state index contributed by atoms with van der Waals surface area (Å²) in [5.74, 6) is 0.587. The fraction of sp³-hybridized carbons (Fsp3) is 0.500. The molecule has 0 saturated heterocycles. The lowest BCUT2D eigenvalue weighted by Gasteiger charge is -2.16. The number of hydrogen-bond acceptors (Lipinski definition) is 4. The first-order valence-electron chi connectivity index (χ1n) is 4.76. The molecule has 0 aliphatic heterocycles. The van der Waals surface area contributed by atoms with E-state index < -0.39 is 12.0 Å². The summed E-state index contributed by atoms with van der Waals surface area (Å²) in [4.78, 5) is 12.3. The van der Waals surface area contributed by atoms with Crippen LogP contribution in [-0.2, 0) is 4.79 Å². The number of hydrogen-bond donors (Lipinski definition) is 2. The van der Waals surface area contributed by atoms with E-state index in [4.69, 9.17) is 15.3 Å². The van der Waals surface area contributed by atoms with Crippen molar-refractivity contribution in [2.45, 2.75) is 19.4 Å². The van der Waals surface area contributed by atoms with Crippen LogP contribution in [0.25, 0.3) is 0 Å². The second kappa shape index (κ2) is 4.84. The normalized spacial score (nSPS) is 12.5. The summed E-state index contributed by atoms with van der Waals surface area (Å²) in [6.07, 6.45) is 0.394. The van der Waals surface area contributed by atoms with Crippen LogP contribution in [0.2, 0.25) is 0 Å². The Labute approximate surface area is 88.5 Å². The highest BCUT2D eigenvalue weighted by atomic mass is 16.4. The summed E-state index contributed by atoms with van der Waals surface area (Å²) in [5, 5.41) is 8.60. The molecule has 0 amide bonds. The van der Waals surface area contributed by atoms with Crippen LogP contribution in [-0.4, -0.2) is 30.7 Å². The lowest BCUT2D eigenvalue weighted by molar-refractivity contribution is -0.138. The van der Waals surface area contributed by atoms with Crippen LogP contribution in [0.4, 0.5) is 5.88 Å². The van der Waals surface area contributed by atoms with Gasteiger partial charge in [0.2, 0.25) is 0 Å². The van der Waals surface area contributed by atoms with Crippen LogP contribution >= 0.6 is 0 Å². The Morgan fingerprint density at radius 2 is 2.33 bits per heavy atom. The standard InChI is InChI=1S/C10H16N2O3/c1-7-3-4-9(15-7)12(2)6-5-8(11)10(13)14/h3-4,8H,5-6,11H2,1-2H3,(H,13,14). The summed E-state index contributed by atoms with van der Waals surface area (Å²) < 4.78 is 5.38. The number of nitrogens with zero attached hydrogens (tertiary/aromatic N) is 1. The monoisotopic (exact) mass is 212 g/mol. The predicted molar refractivity (Wildman–Crippen MR) is 56.9 cm³/mol. The smallest absolute Gasteiger partial charge is 0.320 e. The van der Waals surface area contributed by atoms with Crippen molar-refractivity contribution in [2.24, 2.45) is 5.73 Å². The lowest BCUT2D eigenvalue weighted by atomic mass is 10.2. The predicted octanol–water partition coefficient (Wildman–Crippen LogP) is 0.826. The van der Waals surface area contributed by atoms with Gasteiger partial charge in [-0.05, 0) is 19.4 Å². The summed E-state index contributed by atoms with van der Waals surface area (Å²) >= 11 is 0. The summed E-state index contributed by atoms with van der Waals surface area (Å²) in [7, 11) is 1.84. The average Bonchev–Trinajstić information content (AvgIpc) is 2.60. The van der Waals surface area contributed by atoms with Crippen molar-refractivity contribution >= 4 is 11.9 Å². The van der Waals surface area contributed by atoms with E-state index in [1.165, 1.54) is 0 Å². The molecule has 5 nitrogen and oxygen atoms in total. The molecule has 1 rings (SSSR count). The van der Waals surface area contributed by atoms with Gasteiger partial charge in [-0.2, -0.15) is 0 Å². The molecule has 0 spiro atoms. The first kappa shape index (κ1) is 11.6.